The molecule has 0 aliphatic rings. The minimum atomic E-state index is -3.55. The van der Waals surface area contributed by atoms with Crippen molar-refractivity contribution < 1.29 is 13.2 Å². The highest BCUT2D eigenvalue weighted by molar-refractivity contribution is 7.99. The Balaban J connectivity index is 2.07. The van der Waals surface area contributed by atoms with Gasteiger partial charge in [-0.3, -0.25) is 0 Å². The Hall–Kier alpha value is -1.50. The summed E-state index contributed by atoms with van der Waals surface area (Å²) < 4.78 is 33.5. The SMILES string of the molecule is COc1cc(C)c(S(=O)(=O)NCCSc2ccc(C)cc2)cc1C(C)C. The van der Waals surface area contributed by atoms with E-state index in [-0.39, 0.29) is 5.92 Å². The molecule has 1 N–H and O–H groups in total. The van der Waals surface area contributed by atoms with E-state index in [1.165, 1.54) is 5.56 Å². The topological polar surface area (TPSA) is 55.4 Å². The zero-order valence-corrected chi connectivity index (χ0v) is 17.6. The van der Waals surface area contributed by atoms with Crippen LogP contribution in [-0.4, -0.2) is 27.8 Å². The third-order valence-electron chi connectivity index (χ3n) is 4.12. The van der Waals surface area contributed by atoms with Crippen LogP contribution in [0.2, 0.25) is 0 Å². The Bertz CT molecular complexity index is 844. The van der Waals surface area contributed by atoms with Crippen molar-refractivity contribution in [2.75, 3.05) is 19.4 Å². The van der Waals surface area contributed by atoms with Crippen LogP contribution in [0, 0.1) is 13.8 Å². The molecule has 0 aliphatic heterocycles. The van der Waals surface area contributed by atoms with Crippen LogP contribution in [0.1, 0.15) is 36.5 Å². The van der Waals surface area contributed by atoms with Gasteiger partial charge in [0.05, 0.1) is 12.0 Å². The molecule has 0 unspecified atom stereocenters. The fraction of sp³-hybridized carbons (Fsp3) is 0.400. The van der Waals surface area contributed by atoms with E-state index in [1.807, 2.05) is 20.8 Å². The first-order valence-corrected chi connectivity index (χ1v) is 11.1. The van der Waals surface area contributed by atoms with Gasteiger partial charge in [-0.25, -0.2) is 13.1 Å². The van der Waals surface area contributed by atoms with E-state index in [0.717, 1.165) is 16.2 Å². The predicted octanol–water partition coefficient (Wildman–Crippen LogP) is 4.51. The van der Waals surface area contributed by atoms with Crippen molar-refractivity contribution in [3.8, 4) is 5.75 Å². The third-order valence-corrected chi connectivity index (χ3v) is 6.74. The fourth-order valence-corrected chi connectivity index (χ4v) is 4.84. The first-order chi connectivity index (χ1) is 12.2. The lowest BCUT2D eigenvalue weighted by molar-refractivity contribution is 0.406. The van der Waals surface area contributed by atoms with Gasteiger partial charge in [0.2, 0.25) is 10.0 Å². The largest absolute Gasteiger partial charge is 0.496 e. The van der Waals surface area contributed by atoms with Crippen LogP contribution < -0.4 is 9.46 Å². The molecule has 0 bridgehead atoms. The highest BCUT2D eigenvalue weighted by Crippen LogP contribution is 2.31. The van der Waals surface area contributed by atoms with E-state index in [0.29, 0.717) is 22.8 Å². The number of sulfonamides is 1. The van der Waals surface area contributed by atoms with Gasteiger partial charge in [0.1, 0.15) is 5.75 Å². The Morgan fingerprint density at radius 1 is 1.12 bits per heavy atom. The highest BCUT2D eigenvalue weighted by atomic mass is 32.2. The molecule has 0 aliphatic carbocycles. The quantitative estimate of drug-likeness (QED) is 0.530. The normalized spacial score (nSPS) is 11.8. The molecule has 26 heavy (non-hydrogen) atoms. The lowest BCUT2D eigenvalue weighted by Crippen LogP contribution is -2.27. The summed E-state index contributed by atoms with van der Waals surface area (Å²) in [4.78, 5) is 1.46. The molecule has 0 saturated heterocycles. The molecule has 142 valence electrons. The molecule has 6 heteroatoms. The molecule has 0 atom stereocenters. The number of hydrogen-bond acceptors (Lipinski definition) is 4. The Labute approximate surface area is 161 Å². The molecule has 0 amide bonds. The second-order valence-corrected chi connectivity index (χ2v) is 9.48. The summed E-state index contributed by atoms with van der Waals surface area (Å²) in [5, 5.41) is 0. The number of thioether (sulfide) groups is 1. The summed E-state index contributed by atoms with van der Waals surface area (Å²) in [6, 6.07) is 11.7. The number of rotatable bonds is 8. The zero-order valence-electron chi connectivity index (χ0n) is 16.0. The fourth-order valence-electron chi connectivity index (χ4n) is 2.65. The Kier molecular flexibility index (Phi) is 7.15. The summed E-state index contributed by atoms with van der Waals surface area (Å²) in [6.45, 7) is 8.27. The molecule has 0 aromatic heterocycles. The number of benzene rings is 2. The second-order valence-electron chi connectivity index (χ2n) is 6.57. The molecular weight excluding hydrogens is 366 g/mol. The maximum atomic E-state index is 12.7. The maximum absolute atomic E-state index is 12.7. The number of aryl methyl sites for hydroxylation is 2. The zero-order chi connectivity index (χ0) is 19.3. The van der Waals surface area contributed by atoms with E-state index in [4.69, 9.17) is 4.74 Å². The lowest BCUT2D eigenvalue weighted by Gasteiger charge is -2.16. The van der Waals surface area contributed by atoms with Gasteiger partial charge in [-0.15, -0.1) is 11.8 Å². The maximum Gasteiger partial charge on any atom is 0.240 e. The van der Waals surface area contributed by atoms with E-state index in [2.05, 4.69) is 29.0 Å². The molecule has 0 radical (unpaired) electrons. The van der Waals surface area contributed by atoms with Crippen molar-refractivity contribution >= 4 is 21.8 Å². The molecule has 0 fully saturated rings. The van der Waals surface area contributed by atoms with Crippen molar-refractivity contribution in [3.05, 3.63) is 53.1 Å². The second kappa shape index (κ2) is 8.93. The van der Waals surface area contributed by atoms with Gasteiger partial charge < -0.3 is 4.74 Å². The highest BCUT2D eigenvalue weighted by Gasteiger charge is 2.20. The molecule has 2 rings (SSSR count). The van der Waals surface area contributed by atoms with Crippen molar-refractivity contribution in [3.63, 3.8) is 0 Å². The molecule has 4 nitrogen and oxygen atoms in total. The summed E-state index contributed by atoms with van der Waals surface area (Å²) in [7, 11) is -1.95. The Morgan fingerprint density at radius 3 is 2.35 bits per heavy atom. The molecule has 2 aromatic rings. The van der Waals surface area contributed by atoms with Crippen LogP contribution in [0.15, 0.2) is 46.2 Å². The van der Waals surface area contributed by atoms with Crippen molar-refractivity contribution in [2.45, 2.75) is 43.4 Å². The predicted molar refractivity (Wildman–Crippen MR) is 109 cm³/mol. The summed E-state index contributed by atoms with van der Waals surface area (Å²) in [5.41, 5.74) is 2.79. The van der Waals surface area contributed by atoms with E-state index in [9.17, 15) is 8.42 Å². The minimum Gasteiger partial charge on any atom is -0.496 e. The van der Waals surface area contributed by atoms with E-state index < -0.39 is 10.0 Å². The standard InChI is InChI=1S/C20H27NO3S2/c1-14(2)18-13-20(16(4)12-19(18)24-5)26(22,23)21-10-11-25-17-8-6-15(3)7-9-17/h6-9,12-14,21H,10-11H2,1-5H3. The van der Waals surface area contributed by atoms with Gasteiger partial charge in [-0.2, -0.15) is 0 Å². The van der Waals surface area contributed by atoms with Gasteiger partial charge in [0, 0.05) is 17.2 Å². The molecule has 0 heterocycles. The van der Waals surface area contributed by atoms with Crippen LogP contribution in [0.5, 0.6) is 5.75 Å². The molecule has 0 spiro atoms. The number of hydrogen-bond donors (Lipinski definition) is 1. The third kappa shape index (κ3) is 5.25. The summed E-state index contributed by atoms with van der Waals surface area (Å²) in [6.07, 6.45) is 0. The number of methoxy groups -OCH3 is 1. The average Bonchev–Trinajstić information content (AvgIpc) is 2.59. The van der Waals surface area contributed by atoms with Crippen LogP contribution in [0.4, 0.5) is 0 Å². The van der Waals surface area contributed by atoms with Crippen molar-refractivity contribution in [1.29, 1.82) is 0 Å². The first kappa shape index (κ1) is 20.8. The van der Waals surface area contributed by atoms with Gasteiger partial charge in [-0.1, -0.05) is 31.5 Å². The summed E-state index contributed by atoms with van der Waals surface area (Å²) >= 11 is 1.64. The van der Waals surface area contributed by atoms with Gasteiger partial charge >= 0.3 is 0 Å². The molecular formula is C20H27NO3S2. The van der Waals surface area contributed by atoms with Crippen LogP contribution in [0.3, 0.4) is 0 Å². The van der Waals surface area contributed by atoms with Gasteiger partial charge in [-0.05, 0) is 55.2 Å². The van der Waals surface area contributed by atoms with Crippen molar-refractivity contribution in [2.24, 2.45) is 0 Å². The van der Waals surface area contributed by atoms with Crippen LogP contribution >= 0.6 is 11.8 Å². The lowest BCUT2D eigenvalue weighted by atomic mass is 10.0. The first-order valence-electron chi connectivity index (χ1n) is 8.62. The van der Waals surface area contributed by atoms with Crippen molar-refractivity contribution in [1.82, 2.24) is 4.72 Å². The van der Waals surface area contributed by atoms with Crippen LogP contribution in [-0.2, 0) is 10.0 Å². The molecule has 2 aromatic carbocycles. The summed E-state index contributed by atoms with van der Waals surface area (Å²) in [5.74, 6) is 1.58. The molecule has 0 saturated carbocycles. The number of nitrogens with one attached hydrogen (secondary N) is 1. The monoisotopic (exact) mass is 393 g/mol. The smallest absolute Gasteiger partial charge is 0.240 e. The average molecular weight is 394 g/mol. The van der Waals surface area contributed by atoms with E-state index in [1.54, 1.807) is 37.9 Å². The van der Waals surface area contributed by atoms with Gasteiger partial charge in [0.15, 0.2) is 0 Å². The minimum absolute atomic E-state index is 0.177. The van der Waals surface area contributed by atoms with E-state index >= 15 is 0 Å². The van der Waals surface area contributed by atoms with Gasteiger partial charge in [0.25, 0.3) is 0 Å². The number of ether oxygens (including phenoxy) is 1. The Morgan fingerprint density at radius 2 is 1.77 bits per heavy atom. The van der Waals surface area contributed by atoms with Crippen LogP contribution in [0.25, 0.3) is 0 Å².